The summed E-state index contributed by atoms with van der Waals surface area (Å²) in [5, 5.41) is 24.5. The molecule has 0 bridgehead atoms. The molecule has 2 aromatic heterocycles. The average Bonchev–Trinajstić information content (AvgIpc) is 3.28. The minimum Gasteiger partial charge on any atom is -0.480 e. The van der Waals surface area contributed by atoms with E-state index in [1.54, 1.807) is 24.4 Å². The average molecular weight is 522 g/mol. The Bertz CT molecular complexity index is 1630. The number of rotatable bonds is 9. The third kappa shape index (κ3) is 5.20. The molecule has 6 N–H and O–H groups in total. The maximum atomic E-state index is 13.5. The smallest absolute Gasteiger partial charge is 0.329 e. The van der Waals surface area contributed by atoms with Crippen LogP contribution in [0, 0.1) is 0 Å². The van der Waals surface area contributed by atoms with Gasteiger partial charge < -0.3 is 30.8 Å². The minimum atomic E-state index is -1.59. The van der Waals surface area contributed by atoms with Crippen LogP contribution >= 0.6 is 0 Å². The molecule has 4 aromatic rings. The highest BCUT2D eigenvalue weighted by atomic mass is 16.4. The number of nitrogens with zero attached hydrogens (tertiary/aromatic N) is 1. The molecule has 12 heteroatoms. The minimum absolute atomic E-state index is 0.0586. The van der Waals surface area contributed by atoms with Gasteiger partial charge in [0, 0.05) is 23.5 Å². The van der Waals surface area contributed by atoms with Crippen molar-refractivity contribution in [1.82, 2.24) is 25.2 Å². The number of aliphatic hydroxyl groups is 1. The number of aromatic nitrogens is 3. The van der Waals surface area contributed by atoms with E-state index in [-0.39, 0.29) is 11.8 Å². The van der Waals surface area contributed by atoms with Crippen LogP contribution in [-0.2, 0) is 20.8 Å². The maximum absolute atomic E-state index is 13.5. The van der Waals surface area contributed by atoms with E-state index in [0.717, 1.165) is 15.5 Å². The summed E-state index contributed by atoms with van der Waals surface area (Å²) >= 11 is 0. The van der Waals surface area contributed by atoms with Gasteiger partial charge in [0.05, 0.1) is 17.0 Å². The van der Waals surface area contributed by atoms with E-state index in [1.165, 1.54) is 19.9 Å². The van der Waals surface area contributed by atoms with Crippen LogP contribution in [-0.4, -0.2) is 60.7 Å². The Morgan fingerprint density at radius 1 is 0.921 bits per heavy atom. The van der Waals surface area contributed by atoms with Crippen LogP contribution in [0.4, 0.5) is 0 Å². The first kappa shape index (κ1) is 26.4. The van der Waals surface area contributed by atoms with Gasteiger partial charge in [0.1, 0.15) is 12.1 Å². The Balaban J connectivity index is 1.71. The van der Waals surface area contributed by atoms with Crippen molar-refractivity contribution >= 4 is 39.6 Å². The largest absolute Gasteiger partial charge is 0.480 e. The second kappa shape index (κ2) is 10.7. The number of aromatic amines is 2. The predicted octanol–water partition coefficient (Wildman–Crippen LogP) is 0.410. The standard InChI is InChI=1S/C26H27N5O7/c1-13(22(33)30-21(14(2)32)25(36)37)28-23(34)20(11-15-12-27-18-9-5-3-7-16(15)18)31-24(35)17-8-4-6-10-19(17)29-26(31)38/h3-10,12-14,20-21,27,32H,11H2,1-2H3,(H,28,34)(H,29,38)(H,30,33)(H,36,37)/t13-,14+,20-,21-/m0/s1. The number of hydrogen-bond acceptors (Lipinski definition) is 6. The van der Waals surface area contributed by atoms with Gasteiger partial charge in [-0.25, -0.2) is 14.2 Å². The molecule has 2 amide bonds. The molecular weight excluding hydrogens is 494 g/mol. The van der Waals surface area contributed by atoms with Crippen molar-refractivity contribution in [2.75, 3.05) is 0 Å². The summed E-state index contributed by atoms with van der Waals surface area (Å²) in [6, 6.07) is 9.55. The molecule has 12 nitrogen and oxygen atoms in total. The molecule has 2 heterocycles. The number of fused-ring (bicyclic) bond motifs is 2. The summed E-state index contributed by atoms with van der Waals surface area (Å²) < 4.78 is 0.819. The van der Waals surface area contributed by atoms with Crippen LogP contribution in [0.1, 0.15) is 25.5 Å². The van der Waals surface area contributed by atoms with Gasteiger partial charge >= 0.3 is 11.7 Å². The lowest BCUT2D eigenvalue weighted by Crippen LogP contribution is -2.55. The molecular formula is C26H27N5O7. The van der Waals surface area contributed by atoms with Crippen molar-refractivity contribution in [3.63, 3.8) is 0 Å². The Hall–Kier alpha value is -4.71. The summed E-state index contributed by atoms with van der Waals surface area (Å²) in [5.74, 6) is -3.11. The van der Waals surface area contributed by atoms with Gasteiger partial charge in [-0.1, -0.05) is 30.3 Å². The van der Waals surface area contributed by atoms with E-state index in [4.69, 9.17) is 0 Å². The van der Waals surface area contributed by atoms with E-state index < -0.39 is 53.3 Å². The molecule has 0 aliphatic heterocycles. The first-order valence-electron chi connectivity index (χ1n) is 11.9. The Morgan fingerprint density at radius 2 is 1.55 bits per heavy atom. The molecule has 4 rings (SSSR count). The molecule has 0 saturated carbocycles. The summed E-state index contributed by atoms with van der Waals surface area (Å²) in [6.07, 6.45) is 0.238. The number of nitrogens with one attached hydrogen (secondary N) is 4. The molecule has 0 saturated heterocycles. The molecule has 198 valence electrons. The molecule has 4 atom stereocenters. The van der Waals surface area contributed by atoms with Crippen molar-refractivity contribution in [2.24, 2.45) is 0 Å². The number of aliphatic hydroxyl groups excluding tert-OH is 1. The SMILES string of the molecule is C[C@H](NC(=O)[C@H](Cc1c[nH]c2ccccc12)n1c(=O)[nH]c2ccccc2c1=O)C(=O)N[C@H](C(=O)O)[C@@H](C)O. The number of benzene rings is 2. The third-order valence-corrected chi connectivity index (χ3v) is 6.34. The molecule has 38 heavy (non-hydrogen) atoms. The number of H-pyrrole nitrogens is 2. The van der Waals surface area contributed by atoms with E-state index in [1.807, 2.05) is 24.3 Å². The number of hydrogen-bond donors (Lipinski definition) is 6. The predicted molar refractivity (Wildman–Crippen MR) is 139 cm³/mol. The van der Waals surface area contributed by atoms with Crippen molar-refractivity contribution in [3.05, 3.63) is 81.1 Å². The fraction of sp³-hybridized carbons (Fsp3) is 0.269. The van der Waals surface area contributed by atoms with Crippen LogP contribution in [0.3, 0.4) is 0 Å². The zero-order chi connectivity index (χ0) is 27.6. The quantitative estimate of drug-likeness (QED) is 0.184. The van der Waals surface area contributed by atoms with E-state index >= 15 is 0 Å². The highest BCUT2D eigenvalue weighted by Gasteiger charge is 2.31. The molecule has 0 radical (unpaired) electrons. The Labute approximate surface area is 215 Å². The van der Waals surface area contributed by atoms with E-state index in [2.05, 4.69) is 20.6 Å². The first-order valence-corrected chi connectivity index (χ1v) is 11.9. The summed E-state index contributed by atoms with van der Waals surface area (Å²) in [4.78, 5) is 69.7. The normalized spacial score (nSPS) is 14.5. The molecule has 0 aliphatic rings. The fourth-order valence-electron chi connectivity index (χ4n) is 4.31. The van der Waals surface area contributed by atoms with Gasteiger partial charge in [-0.05, 0) is 37.6 Å². The van der Waals surface area contributed by atoms with Crippen molar-refractivity contribution in [3.8, 4) is 0 Å². The second-order valence-electron chi connectivity index (χ2n) is 9.03. The van der Waals surface area contributed by atoms with Crippen LogP contribution in [0.5, 0.6) is 0 Å². The first-order chi connectivity index (χ1) is 18.1. The van der Waals surface area contributed by atoms with Gasteiger partial charge in [0.15, 0.2) is 6.04 Å². The number of carbonyl (C=O) groups excluding carboxylic acids is 2. The zero-order valence-electron chi connectivity index (χ0n) is 20.6. The monoisotopic (exact) mass is 521 g/mol. The molecule has 0 aliphatic carbocycles. The van der Waals surface area contributed by atoms with Crippen LogP contribution in [0.2, 0.25) is 0 Å². The third-order valence-electron chi connectivity index (χ3n) is 6.34. The summed E-state index contributed by atoms with van der Waals surface area (Å²) in [6.45, 7) is 2.53. The molecule has 2 aromatic carbocycles. The summed E-state index contributed by atoms with van der Waals surface area (Å²) in [5.41, 5.74) is 0.298. The van der Waals surface area contributed by atoms with Gasteiger partial charge in [0.2, 0.25) is 11.8 Å². The number of aliphatic carboxylic acids is 1. The second-order valence-corrected chi connectivity index (χ2v) is 9.03. The van der Waals surface area contributed by atoms with Gasteiger partial charge in [-0.15, -0.1) is 0 Å². The van der Waals surface area contributed by atoms with Crippen LogP contribution in [0.25, 0.3) is 21.8 Å². The fourth-order valence-corrected chi connectivity index (χ4v) is 4.31. The van der Waals surface area contributed by atoms with Crippen molar-refractivity contribution < 1.29 is 24.6 Å². The zero-order valence-corrected chi connectivity index (χ0v) is 20.6. The van der Waals surface area contributed by atoms with Crippen LogP contribution in [0.15, 0.2) is 64.3 Å². The molecule has 0 fully saturated rings. The Morgan fingerprint density at radius 3 is 2.21 bits per heavy atom. The Kier molecular flexibility index (Phi) is 7.44. The van der Waals surface area contributed by atoms with E-state index in [0.29, 0.717) is 11.1 Å². The number of carboxylic acid groups (broad SMARTS) is 1. The van der Waals surface area contributed by atoms with Crippen molar-refractivity contribution in [2.45, 2.75) is 44.5 Å². The number of amides is 2. The maximum Gasteiger partial charge on any atom is 0.329 e. The molecule has 0 spiro atoms. The number of carboxylic acids is 1. The molecule has 0 unspecified atom stereocenters. The van der Waals surface area contributed by atoms with Gasteiger partial charge in [0.25, 0.3) is 5.56 Å². The highest BCUT2D eigenvalue weighted by molar-refractivity contribution is 5.92. The lowest BCUT2D eigenvalue weighted by molar-refractivity contribution is -0.145. The van der Waals surface area contributed by atoms with E-state index in [9.17, 15) is 34.2 Å². The lowest BCUT2D eigenvalue weighted by Gasteiger charge is -2.23. The van der Waals surface area contributed by atoms with Crippen LogP contribution < -0.4 is 21.9 Å². The highest BCUT2D eigenvalue weighted by Crippen LogP contribution is 2.22. The van der Waals surface area contributed by atoms with Gasteiger partial charge in [-0.3, -0.25) is 14.4 Å². The number of para-hydroxylation sites is 2. The lowest BCUT2D eigenvalue weighted by atomic mass is 10.0. The summed E-state index contributed by atoms with van der Waals surface area (Å²) in [7, 11) is 0. The van der Waals surface area contributed by atoms with Gasteiger partial charge in [-0.2, -0.15) is 0 Å². The number of carbonyl (C=O) groups is 3. The topological polar surface area (TPSA) is 186 Å². The van der Waals surface area contributed by atoms with Crippen molar-refractivity contribution in [1.29, 1.82) is 0 Å².